The van der Waals surface area contributed by atoms with Crippen molar-refractivity contribution in [3.63, 3.8) is 0 Å². The zero-order valence-electron chi connectivity index (χ0n) is 22.9. The van der Waals surface area contributed by atoms with Crippen LogP contribution in [0, 0.1) is 5.41 Å². The predicted octanol–water partition coefficient (Wildman–Crippen LogP) is 8.02. The number of hydrogen-bond acceptors (Lipinski definition) is 4. The maximum Gasteiger partial charge on any atom is 0.251 e. The lowest BCUT2D eigenvalue weighted by atomic mass is 9.52. The van der Waals surface area contributed by atoms with Gasteiger partial charge < -0.3 is 10.6 Å². The van der Waals surface area contributed by atoms with Gasteiger partial charge in [-0.3, -0.25) is 9.59 Å². The SMILES string of the molecule is CC1(C(=O)Nc2nc(-c3ccc(C(=O)NCc4cccc(Cl)c4)cc3)cs2)CC2c3ccccc3C1c1ccccc12. The summed E-state index contributed by atoms with van der Waals surface area (Å²) in [6, 6.07) is 31.9. The van der Waals surface area contributed by atoms with E-state index in [0.717, 1.165) is 23.2 Å². The molecule has 8 rings (SSSR count). The third-order valence-corrected chi connectivity index (χ3v) is 9.65. The normalized spacial score (nSPS) is 20.0. The first-order chi connectivity index (χ1) is 20.4. The van der Waals surface area contributed by atoms with Gasteiger partial charge in [0.05, 0.1) is 11.1 Å². The van der Waals surface area contributed by atoms with Gasteiger partial charge in [0.2, 0.25) is 5.91 Å². The van der Waals surface area contributed by atoms with Crippen LogP contribution in [0.25, 0.3) is 11.3 Å². The third-order valence-electron chi connectivity index (χ3n) is 8.66. The Labute approximate surface area is 253 Å². The predicted molar refractivity (Wildman–Crippen MR) is 168 cm³/mol. The van der Waals surface area contributed by atoms with Crippen LogP contribution in [-0.2, 0) is 11.3 Å². The molecule has 3 aliphatic carbocycles. The number of nitrogens with zero attached hydrogens (tertiary/aromatic N) is 1. The van der Waals surface area contributed by atoms with Crippen LogP contribution < -0.4 is 10.6 Å². The summed E-state index contributed by atoms with van der Waals surface area (Å²) < 4.78 is 0. The molecule has 7 heteroatoms. The highest BCUT2D eigenvalue weighted by Gasteiger charge is 2.54. The van der Waals surface area contributed by atoms with Gasteiger partial charge >= 0.3 is 0 Å². The van der Waals surface area contributed by atoms with Crippen molar-refractivity contribution in [1.29, 1.82) is 0 Å². The van der Waals surface area contributed by atoms with Crippen molar-refractivity contribution in [2.24, 2.45) is 5.41 Å². The zero-order chi connectivity index (χ0) is 28.8. The number of nitrogens with one attached hydrogen (secondary N) is 2. The molecule has 4 aromatic carbocycles. The summed E-state index contributed by atoms with van der Waals surface area (Å²) in [7, 11) is 0. The summed E-state index contributed by atoms with van der Waals surface area (Å²) in [6.45, 7) is 2.49. The van der Waals surface area contributed by atoms with Crippen LogP contribution >= 0.6 is 22.9 Å². The summed E-state index contributed by atoms with van der Waals surface area (Å²) in [6.07, 6.45) is 0.761. The van der Waals surface area contributed by atoms with Gasteiger partial charge in [-0.2, -0.15) is 0 Å². The number of thiazole rings is 1. The summed E-state index contributed by atoms with van der Waals surface area (Å²) in [5.74, 6) is 0.0261. The van der Waals surface area contributed by atoms with E-state index in [1.54, 1.807) is 18.2 Å². The number of hydrogen-bond donors (Lipinski definition) is 2. The fourth-order valence-electron chi connectivity index (χ4n) is 6.62. The van der Waals surface area contributed by atoms with E-state index in [4.69, 9.17) is 16.6 Å². The second kappa shape index (κ2) is 10.5. The van der Waals surface area contributed by atoms with Gasteiger partial charge in [0.15, 0.2) is 5.13 Å². The highest BCUT2D eigenvalue weighted by atomic mass is 35.5. The molecule has 0 fully saturated rings. The lowest BCUT2D eigenvalue weighted by Crippen LogP contribution is -2.47. The molecule has 5 aromatic rings. The number of amides is 2. The van der Waals surface area contributed by atoms with Crippen LogP contribution in [0.3, 0.4) is 0 Å². The minimum absolute atomic E-state index is 0.00544. The maximum absolute atomic E-state index is 14.0. The van der Waals surface area contributed by atoms with Crippen LogP contribution in [0.2, 0.25) is 5.02 Å². The molecule has 5 nitrogen and oxygen atoms in total. The summed E-state index contributed by atoms with van der Waals surface area (Å²) in [5, 5.41) is 9.22. The molecule has 2 N–H and O–H groups in total. The molecule has 3 aliphatic rings. The molecule has 1 unspecified atom stereocenters. The van der Waals surface area contributed by atoms with E-state index in [2.05, 4.69) is 66.1 Å². The Morgan fingerprint density at radius 3 is 2.24 bits per heavy atom. The molecule has 0 aliphatic heterocycles. The second-order valence-electron chi connectivity index (χ2n) is 11.2. The van der Waals surface area contributed by atoms with E-state index < -0.39 is 5.41 Å². The molecule has 1 heterocycles. The topological polar surface area (TPSA) is 71.1 Å². The summed E-state index contributed by atoms with van der Waals surface area (Å²) in [4.78, 5) is 31.3. The molecule has 42 heavy (non-hydrogen) atoms. The quantitative estimate of drug-likeness (QED) is 0.211. The lowest BCUT2D eigenvalue weighted by molar-refractivity contribution is -0.126. The molecule has 208 valence electrons. The first kappa shape index (κ1) is 26.6. The molecular formula is C35H28ClN3O2S. The summed E-state index contributed by atoms with van der Waals surface area (Å²) in [5.41, 5.74) is 7.71. The number of halogens is 1. The Morgan fingerprint density at radius 2 is 1.57 bits per heavy atom. The highest BCUT2D eigenvalue weighted by molar-refractivity contribution is 7.14. The van der Waals surface area contributed by atoms with Crippen molar-refractivity contribution in [3.8, 4) is 11.3 Å². The van der Waals surface area contributed by atoms with Crippen molar-refractivity contribution in [2.75, 3.05) is 5.32 Å². The molecule has 1 aromatic heterocycles. The number of carbonyl (C=O) groups excluding carboxylic acids is 2. The Bertz CT molecular complexity index is 1780. The number of anilines is 1. The molecule has 1 atom stereocenters. The van der Waals surface area contributed by atoms with Crippen LogP contribution in [0.5, 0.6) is 0 Å². The van der Waals surface area contributed by atoms with Crippen molar-refractivity contribution in [3.05, 3.63) is 141 Å². The van der Waals surface area contributed by atoms with Gasteiger partial charge in [-0.25, -0.2) is 4.98 Å². The first-order valence-electron chi connectivity index (χ1n) is 14.0. The molecule has 0 spiro atoms. The number of carbonyl (C=O) groups is 2. The molecule has 2 amide bonds. The number of aromatic nitrogens is 1. The third kappa shape index (κ3) is 4.61. The molecule has 0 radical (unpaired) electrons. The van der Waals surface area contributed by atoms with E-state index in [0.29, 0.717) is 22.3 Å². The number of rotatable bonds is 6. The van der Waals surface area contributed by atoms with Crippen LogP contribution in [0.4, 0.5) is 5.13 Å². The standard InChI is InChI=1S/C35H28ClN3O2S/c1-35(18-29-25-9-2-4-11-27(25)31(35)28-12-5-3-10-26(28)29)33(41)39-34-38-30(20-42-34)22-13-15-23(16-14-22)32(40)37-19-21-7-6-8-24(36)17-21/h2-17,20,29,31H,18-19H2,1H3,(H,37,40)(H,38,39,41). The Morgan fingerprint density at radius 1 is 0.905 bits per heavy atom. The van der Waals surface area contributed by atoms with E-state index in [1.807, 2.05) is 35.7 Å². The van der Waals surface area contributed by atoms with Gasteiger partial charge in [0, 0.05) is 39.9 Å². The van der Waals surface area contributed by atoms with E-state index >= 15 is 0 Å². The van der Waals surface area contributed by atoms with E-state index in [1.165, 1.54) is 33.6 Å². The van der Waals surface area contributed by atoms with Crippen LogP contribution in [-0.4, -0.2) is 16.8 Å². The number of fused-ring (bicyclic) bond motifs is 1. The largest absolute Gasteiger partial charge is 0.348 e. The Kier molecular flexibility index (Phi) is 6.68. The van der Waals surface area contributed by atoms with Crippen LogP contribution in [0.1, 0.15) is 63.4 Å². The van der Waals surface area contributed by atoms with Crippen molar-refractivity contribution in [1.82, 2.24) is 10.3 Å². The van der Waals surface area contributed by atoms with Crippen molar-refractivity contribution >= 4 is 39.9 Å². The van der Waals surface area contributed by atoms with Gasteiger partial charge in [-0.05, 0) is 65.4 Å². The summed E-state index contributed by atoms with van der Waals surface area (Å²) >= 11 is 7.45. The Hall–Kier alpha value is -4.26. The molecular weight excluding hydrogens is 562 g/mol. The fourth-order valence-corrected chi connectivity index (χ4v) is 7.54. The monoisotopic (exact) mass is 589 g/mol. The van der Waals surface area contributed by atoms with Gasteiger partial charge in [-0.15, -0.1) is 11.3 Å². The van der Waals surface area contributed by atoms with Gasteiger partial charge in [0.1, 0.15) is 0 Å². The van der Waals surface area contributed by atoms with E-state index in [9.17, 15) is 9.59 Å². The first-order valence-corrected chi connectivity index (χ1v) is 15.2. The highest BCUT2D eigenvalue weighted by Crippen LogP contribution is 2.61. The second-order valence-corrected chi connectivity index (χ2v) is 12.5. The van der Waals surface area contributed by atoms with Crippen molar-refractivity contribution in [2.45, 2.75) is 31.7 Å². The van der Waals surface area contributed by atoms with Crippen molar-refractivity contribution < 1.29 is 9.59 Å². The fraction of sp³-hybridized carbons (Fsp3) is 0.171. The minimum Gasteiger partial charge on any atom is -0.348 e. The maximum atomic E-state index is 14.0. The van der Waals surface area contributed by atoms with E-state index in [-0.39, 0.29) is 23.7 Å². The number of benzene rings is 4. The molecule has 0 saturated carbocycles. The molecule has 2 bridgehead atoms. The Balaban J connectivity index is 1.06. The zero-order valence-corrected chi connectivity index (χ0v) is 24.5. The average Bonchev–Trinajstić information content (AvgIpc) is 3.48. The lowest BCUT2D eigenvalue weighted by Gasteiger charge is -2.50. The smallest absolute Gasteiger partial charge is 0.251 e. The van der Waals surface area contributed by atoms with Gasteiger partial charge in [0.25, 0.3) is 5.91 Å². The average molecular weight is 590 g/mol. The van der Waals surface area contributed by atoms with Crippen LogP contribution in [0.15, 0.2) is 102 Å². The minimum atomic E-state index is -0.598. The molecule has 0 saturated heterocycles. The van der Waals surface area contributed by atoms with Gasteiger partial charge in [-0.1, -0.05) is 84.4 Å².